The lowest BCUT2D eigenvalue weighted by Crippen LogP contribution is -2.33. The molecule has 2 fully saturated rings. The normalized spacial score (nSPS) is 24.8. The molecule has 1 aromatic heterocycles. The van der Waals surface area contributed by atoms with Crippen LogP contribution in [0.2, 0.25) is 0 Å². The first-order chi connectivity index (χ1) is 9.80. The van der Waals surface area contributed by atoms with Crippen LogP contribution in [0.15, 0.2) is 18.3 Å². The van der Waals surface area contributed by atoms with E-state index in [0.717, 1.165) is 12.2 Å². The first kappa shape index (κ1) is 13.7. The molecule has 1 atom stereocenters. The Labute approximate surface area is 120 Å². The van der Waals surface area contributed by atoms with Crippen LogP contribution in [0.5, 0.6) is 5.88 Å². The lowest BCUT2D eigenvalue weighted by Gasteiger charge is -2.33. The Bertz CT molecular complexity index is 427. The third-order valence-electron chi connectivity index (χ3n) is 4.58. The summed E-state index contributed by atoms with van der Waals surface area (Å²) in [5, 5.41) is 3.42. The molecule has 2 heterocycles. The van der Waals surface area contributed by atoms with Gasteiger partial charge in [-0.25, -0.2) is 4.98 Å². The molecular formula is C16H24N2O2. The Morgan fingerprint density at radius 1 is 1.30 bits per heavy atom. The predicted molar refractivity (Wildman–Crippen MR) is 79.2 cm³/mol. The number of ether oxygens (including phenoxy) is 2. The van der Waals surface area contributed by atoms with Crippen molar-refractivity contribution in [3.8, 4) is 5.88 Å². The van der Waals surface area contributed by atoms with E-state index in [0.29, 0.717) is 12.0 Å². The summed E-state index contributed by atoms with van der Waals surface area (Å²) in [5.41, 5.74) is 1.24. The highest BCUT2D eigenvalue weighted by atomic mass is 16.5. The van der Waals surface area contributed by atoms with Crippen LogP contribution in [0.25, 0.3) is 0 Å². The van der Waals surface area contributed by atoms with Crippen LogP contribution in [0.3, 0.4) is 0 Å². The van der Waals surface area contributed by atoms with Crippen molar-refractivity contribution in [1.82, 2.24) is 4.98 Å². The van der Waals surface area contributed by atoms with Gasteiger partial charge in [0.05, 0.1) is 30.7 Å². The van der Waals surface area contributed by atoms with Crippen molar-refractivity contribution in [2.75, 3.05) is 19.0 Å². The van der Waals surface area contributed by atoms with Crippen molar-refractivity contribution in [1.29, 1.82) is 0 Å². The van der Waals surface area contributed by atoms with E-state index < -0.39 is 0 Å². The topological polar surface area (TPSA) is 43.4 Å². The maximum atomic E-state index is 6.35. The van der Waals surface area contributed by atoms with Crippen LogP contribution in [-0.4, -0.2) is 30.3 Å². The summed E-state index contributed by atoms with van der Waals surface area (Å²) < 4.78 is 11.4. The fraction of sp³-hybridized carbons (Fsp3) is 0.688. The molecule has 0 bridgehead atoms. The van der Waals surface area contributed by atoms with E-state index in [9.17, 15) is 0 Å². The second-order valence-corrected chi connectivity index (χ2v) is 5.99. The molecule has 1 aliphatic carbocycles. The molecular weight excluding hydrogens is 252 g/mol. The zero-order chi connectivity index (χ0) is 13.8. The van der Waals surface area contributed by atoms with Crippen molar-refractivity contribution >= 4 is 5.69 Å². The molecule has 0 amide bonds. The molecule has 4 nitrogen and oxygen atoms in total. The quantitative estimate of drug-likeness (QED) is 0.915. The van der Waals surface area contributed by atoms with E-state index in [1.165, 1.54) is 44.9 Å². The fourth-order valence-corrected chi connectivity index (χ4v) is 3.44. The summed E-state index contributed by atoms with van der Waals surface area (Å²) in [7, 11) is 1.63. The predicted octanol–water partition coefficient (Wildman–Crippen LogP) is 3.38. The van der Waals surface area contributed by atoms with Crippen LogP contribution in [-0.2, 0) is 4.74 Å². The summed E-state index contributed by atoms with van der Waals surface area (Å²) >= 11 is 0. The lowest BCUT2D eigenvalue weighted by molar-refractivity contribution is -0.0588. The Morgan fingerprint density at radius 3 is 2.85 bits per heavy atom. The highest BCUT2D eigenvalue weighted by molar-refractivity contribution is 5.42. The summed E-state index contributed by atoms with van der Waals surface area (Å²) in [6.07, 6.45) is 11.1. The number of hydrogen-bond acceptors (Lipinski definition) is 4. The van der Waals surface area contributed by atoms with Crippen LogP contribution < -0.4 is 10.1 Å². The van der Waals surface area contributed by atoms with Crippen molar-refractivity contribution in [2.45, 2.75) is 56.7 Å². The Hall–Kier alpha value is -1.29. The molecule has 0 radical (unpaired) electrons. The number of methoxy groups -OCH3 is 1. The Morgan fingerprint density at radius 2 is 2.15 bits per heavy atom. The second-order valence-electron chi connectivity index (χ2n) is 5.99. The summed E-state index contributed by atoms with van der Waals surface area (Å²) in [6.45, 7) is 0.871. The molecule has 1 saturated heterocycles. The number of anilines is 1. The molecule has 1 N–H and O–H groups in total. The number of aromatic nitrogens is 1. The number of hydrogen-bond donors (Lipinski definition) is 1. The van der Waals surface area contributed by atoms with Gasteiger partial charge >= 0.3 is 0 Å². The van der Waals surface area contributed by atoms with Gasteiger partial charge in [-0.1, -0.05) is 19.3 Å². The minimum absolute atomic E-state index is 0.211. The summed E-state index contributed by atoms with van der Waals surface area (Å²) in [6, 6.07) is 3.87. The van der Waals surface area contributed by atoms with Gasteiger partial charge in [0.15, 0.2) is 0 Å². The van der Waals surface area contributed by atoms with E-state index in [1.54, 1.807) is 7.11 Å². The van der Waals surface area contributed by atoms with Gasteiger partial charge in [-0.15, -0.1) is 0 Å². The van der Waals surface area contributed by atoms with E-state index in [2.05, 4.69) is 10.3 Å². The van der Waals surface area contributed by atoms with Gasteiger partial charge in [0.1, 0.15) is 0 Å². The van der Waals surface area contributed by atoms with Crippen molar-refractivity contribution < 1.29 is 9.47 Å². The molecule has 1 spiro atoms. The first-order valence-corrected chi connectivity index (χ1v) is 7.71. The molecule has 4 heteroatoms. The van der Waals surface area contributed by atoms with E-state index in [-0.39, 0.29) is 5.60 Å². The zero-order valence-corrected chi connectivity index (χ0v) is 12.2. The molecule has 1 unspecified atom stereocenters. The van der Waals surface area contributed by atoms with Gasteiger partial charge in [0.25, 0.3) is 0 Å². The van der Waals surface area contributed by atoms with Gasteiger partial charge in [0, 0.05) is 12.6 Å². The van der Waals surface area contributed by atoms with Crippen LogP contribution in [0, 0.1) is 0 Å². The third-order valence-corrected chi connectivity index (χ3v) is 4.58. The summed E-state index contributed by atoms with van der Waals surface area (Å²) in [5.74, 6) is 0.647. The van der Waals surface area contributed by atoms with Crippen LogP contribution in [0.1, 0.15) is 44.9 Å². The second kappa shape index (κ2) is 6.00. The van der Waals surface area contributed by atoms with E-state index in [1.807, 2.05) is 18.3 Å². The zero-order valence-electron chi connectivity index (χ0n) is 12.2. The summed E-state index contributed by atoms with van der Waals surface area (Å²) in [4.78, 5) is 4.20. The van der Waals surface area contributed by atoms with E-state index >= 15 is 0 Å². The van der Waals surface area contributed by atoms with E-state index in [4.69, 9.17) is 9.47 Å². The third kappa shape index (κ3) is 3.06. The Balaban J connectivity index is 1.49. The largest absolute Gasteiger partial charge is 0.481 e. The van der Waals surface area contributed by atoms with Gasteiger partial charge < -0.3 is 14.8 Å². The number of rotatable bonds is 4. The average Bonchev–Trinajstić information content (AvgIpc) is 2.89. The maximum Gasteiger partial charge on any atom is 0.213 e. The molecule has 1 aliphatic heterocycles. The highest BCUT2D eigenvalue weighted by Crippen LogP contribution is 2.41. The van der Waals surface area contributed by atoms with Gasteiger partial charge in [-0.05, 0) is 31.7 Å². The van der Waals surface area contributed by atoms with Crippen LogP contribution >= 0.6 is 0 Å². The Kier molecular flexibility index (Phi) is 4.10. The molecule has 110 valence electrons. The van der Waals surface area contributed by atoms with Gasteiger partial charge in [-0.3, -0.25) is 0 Å². The van der Waals surface area contributed by atoms with Gasteiger partial charge in [0.2, 0.25) is 5.88 Å². The van der Waals surface area contributed by atoms with Gasteiger partial charge in [-0.2, -0.15) is 0 Å². The molecule has 20 heavy (non-hydrogen) atoms. The number of pyridine rings is 1. The molecule has 1 aromatic rings. The highest BCUT2D eigenvalue weighted by Gasteiger charge is 2.40. The lowest BCUT2D eigenvalue weighted by atomic mass is 9.83. The first-order valence-electron chi connectivity index (χ1n) is 7.71. The fourth-order valence-electron chi connectivity index (χ4n) is 3.44. The minimum Gasteiger partial charge on any atom is -0.481 e. The monoisotopic (exact) mass is 276 g/mol. The molecule has 3 rings (SSSR count). The maximum absolute atomic E-state index is 6.35. The molecule has 2 aliphatic rings. The van der Waals surface area contributed by atoms with Crippen LogP contribution in [0.4, 0.5) is 5.69 Å². The smallest absolute Gasteiger partial charge is 0.213 e. The molecule has 1 saturated carbocycles. The number of nitrogens with one attached hydrogen (secondary N) is 1. The molecule has 0 aromatic carbocycles. The van der Waals surface area contributed by atoms with Crippen molar-refractivity contribution in [3.63, 3.8) is 0 Å². The van der Waals surface area contributed by atoms with Crippen molar-refractivity contribution in [2.24, 2.45) is 0 Å². The number of nitrogens with zero attached hydrogens (tertiary/aromatic N) is 1. The minimum atomic E-state index is 0.211. The standard InChI is InChI=1S/C16H24N2O2/c1-19-15-6-5-13(11-18-15)17-12-14-7-10-16(20-14)8-3-2-4-9-16/h5-6,11,14,17H,2-4,7-10,12H2,1H3. The van der Waals surface area contributed by atoms with Crippen molar-refractivity contribution in [3.05, 3.63) is 18.3 Å². The average molecular weight is 276 g/mol. The SMILES string of the molecule is COc1ccc(NCC2CCC3(CCCCC3)O2)cn1.